The van der Waals surface area contributed by atoms with E-state index in [1.807, 2.05) is 0 Å². The number of thiol groups is 1. The largest absolute Gasteiger partial charge is 0.481 e. The smallest absolute Gasteiger partial charge is 0.305 e. The minimum atomic E-state index is -1.29. The van der Waals surface area contributed by atoms with E-state index >= 15 is 0 Å². The quantitative estimate of drug-likeness (QED) is 0.284. The van der Waals surface area contributed by atoms with Crippen molar-refractivity contribution < 1.29 is 24.3 Å². The molecule has 0 aromatic rings. The van der Waals surface area contributed by atoms with Crippen LogP contribution in [0.25, 0.3) is 0 Å². The van der Waals surface area contributed by atoms with Crippen molar-refractivity contribution in [1.82, 2.24) is 10.6 Å². The molecular formula is C13H24N4O5S. The molecule has 0 aromatic heterocycles. The lowest BCUT2D eigenvalue weighted by molar-refractivity contribution is -0.140. The second-order valence-electron chi connectivity index (χ2n) is 6.16. The number of carbonyl (C=O) groups is 4. The number of primary amides is 1. The van der Waals surface area contributed by atoms with Gasteiger partial charge in [0.25, 0.3) is 0 Å². The maximum Gasteiger partial charge on any atom is 0.305 e. The van der Waals surface area contributed by atoms with E-state index in [9.17, 15) is 19.2 Å². The Kier molecular flexibility index (Phi) is 8.04. The van der Waals surface area contributed by atoms with Gasteiger partial charge in [0.05, 0.1) is 12.5 Å². The third kappa shape index (κ3) is 7.33. The van der Waals surface area contributed by atoms with Crippen molar-refractivity contribution >= 4 is 36.3 Å². The fourth-order valence-electron chi connectivity index (χ4n) is 1.67. The van der Waals surface area contributed by atoms with E-state index in [1.54, 1.807) is 20.8 Å². The zero-order valence-corrected chi connectivity index (χ0v) is 14.2. The van der Waals surface area contributed by atoms with Crippen LogP contribution < -0.4 is 22.1 Å². The van der Waals surface area contributed by atoms with Crippen LogP contribution >= 0.6 is 12.6 Å². The summed E-state index contributed by atoms with van der Waals surface area (Å²) in [6.45, 7) is 5.08. The number of carboxylic acids is 1. The van der Waals surface area contributed by atoms with Crippen LogP contribution in [0.4, 0.5) is 0 Å². The van der Waals surface area contributed by atoms with Crippen molar-refractivity contribution in [3.63, 3.8) is 0 Å². The molecule has 10 heteroatoms. The van der Waals surface area contributed by atoms with Gasteiger partial charge in [0.2, 0.25) is 17.7 Å². The summed E-state index contributed by atoms with van der Waals surface area (Å²) >= 11 is 3.92. The van der Waals surface area contributed by atoms with Crippen LogP contribution in [0.2, 0.25) is 0 Å². The van der Waals surface area contributed by atoms with Gasteiger partial charge in [-0.25, -0.2) is 0 Å². The van der Waals surface area contributed by atoms with Gasteiger partial charge in [-0.1, -0.05) is 20.8 Å². The van der Waals surface area contributed by atoms with E-state index in [2.05, 4.69) is 23.3 Å². The first-order valence-corrected chi connectivity index (χ1v) is 7.51. The highest BCUT2D eigenvalue weighted by atomic mass is 32.1. The SMILES string of the molecule is CC(C)(C)C(NC(=O)C(N)CC(=O)O)C(=O)NC(CS)C(N)=O. The summed E-state index contributed by atoms with van der Waals surface area (Å²) < 4.78 is 0. The molecule has 23 heavy (non-hydrogen) atoms. The predicted octanol–water partition coefficient (Wildman–Crippen LogP) is -1.78. The average molecular weight is 348 g/mol. The van der Waals surface area contributed by atoms with Crippen LogP contribution in [-0.2, 0) is 19.2 Å². The topological polar surface area (TPSA) is 165 Å². The minimum absolute atomic E-state index is 0.00438. The maximum atomic E-state index is 12.3. The lowest BCUT2D eigenvalue weighted by Crippen LogP contribution is -2.59. The highest BCUT2D eigenvalue weighted by Gasteiger charge is 2.35. The zero-order chi connectivity index (χ0) is 18.4. The summed E-state index contributed by atoms with van der Waals surface area (Å²) in [5.41, 5.74) is 9.90. The van der Waals surface area contributed by atoms with Gasteiger partial charge in [0.15, 0.2) is 0 Å². The van der Waals surface area contributed by atoms with Crippen LogP contribution in [0.15, 0.2) is 0 Å². The molecule has 0 aliphatic rings. The van der Waals surface area contributed by atoms with Crippen LogP contribution in [0.1, 0.15) is 27.2 Å². The highest BCUT2D eigenvalue weighted by molar-refractivity contribution is 7.80. The molecule has 0 heterocycles. The molecule has 0 aromatic carbocycles. The van der Waals surface area contributed by atoms with Gasteiger partial charge in [-0.15, -0.1) is 0 Å². The minimum Gasteiger partial charge on any atom is -0.481 e. The highest BCUT2D eigenvalue weighted by Crippen LogP contribution is 2.20. The molecule has 3 amide bonds. The monoisotopic (exact) mass is 348 g/mol. The third-order valence-corrected chi connectivity index (χ3v) is 3.35. The molecule has 3 unspecified atom stereocenters. The lowest BCUT2D eigenvalue weighted by Gasteiger charge is -2.32. The van der Waals surface area contributed by atoms with Crippen molar-refractivity contribution in [2.75, 3.05) is 5.75 Å². The Morgan fingerprint density at radius 2 is 1.65 bits per heavy atom. The van der Waals surface area contributed by atoms with Crippen LogP contribution in [0.3, 0.4) is 0 Å². The van der Waals surface area contributed by atoms with E-state index in [4.69, 9.17) is 16.6 Å². The molecular weight excluding hydrogens is 324 g/mol. The van der Waals surface area contributed by atoms with E-state index in [0.717, 1.165) is 0 Å². The first kappa shape index (κ1) is 21.2. The van der Waals surface area contributed by atoms with Crippen molar-refractivity contribution in [2.45, 2.75) is 45.3 Å². The van der Waals surface area contributed by atoms with Crippen LogP contribution in [0, 0.1) is 5.41 Å². The van der Waals surface area contributed by atoms with Crippen molar-refractivity contribution in [2.24, 2.45) is 16.9 Å². The molecule has 0 saturated heterocycles. The second-order valence-corrected chi connectivity index (χ2v) is 6.52. The molecule has 0 rings (SSSR count). The van der Waals surface area contributed by atoms with Crippen molar-refractivity contribution in [3.8, 4) is 0 Å². The van der Waals surface area contributed by atoms with E-state index in [1.165, 1.54) is 0 Å². The van der Waals surface area contributed by atoms with E-state index in [0.29, 0.717) is 0 Å². The summed E-state index contributed by atoms with van der Waals surface area (Å²) in [6.07, 6.45) is -0.565. The van der Waals surface area contributed by atoms with Crippen LogP contribution in [-0.4, -0.2) is 52.7 Å². The van der Waals surface area contributed by atoms with Gasteiger partial charge in [-0.3, -0.25) is 19.2 Å². The maximum absolute atomic E-state index is 12.3. The number of rotatable bonds is 8. The summed E-state index contributed by atoms with van der Waals surface area (Å²) in [5, 5.41) is 13.5. The Morgan fingerprint density at radius 1 is 1.13 bits per heavy atom. The summed E-state index contributed by atoms with van der Waals surface area (Å²) in [7, 11) is 0. The molecule has 0 saturated carbocycles. The molecule has 9 nitrogen and oxygen atoms in total. The van der Waals surface area contributed by atoms with Crippen LogP contribution in [0.5, 0.6) is 0 Å². The first-order valence-electron chi connectivity index (χ1n) is 6.88. The Morgan fingerprint density at radius 3 is 2.00 bits per heavy atom. The number of carboxylic acid groups (broad SMARTS) is 1. The molecule has 132 valence electrons. The van der Waals surface area contributed by atoms with Gasteiger partial charge in [-0.05, 0) is 5.41 Å². The molecule has 0 bridgehead atoms. The number of hydrogen-bond acceptors (Lipinski definition) is 6. The van der Waals surface area contributed by atoms with Gasteiger partial charge in [0.1, 0.15) is 12.1 Å². The number of carbonyl (C=O) groups excluding carboxylic acids is 3. The van der Waals surface area contributed by atoms with Gasteiger partial charge >= 0.3 is 5.97 Å². The standard InChI is InChI=1S/C13H24N4O5S/c1-13(2,3)9(12(22)16-7(5-23)10(15)20)17-11(21)6(14)4-8(18)19/h6-7,9,23H,4-5,14H2,1-3H3,(H2,15,20)(H,16,22)(H,17,21)(H,18,19). The molecule has 7 N–H and O–H groups in total. The lowest BCUT2D eigenvalue weighted by atomic mass is 9.85. The number of amides is 3. The molecule has 0 radical (unpaired) electrons. The van der Waals surface area contributed by atoms with Crippen molar-refractivity contribution in [3.05, 3.63) is 0 Å². The third-order valence-electron chi connectivity index (χ3n) is 2.99. The second kappa shape index (κ2) is 8.73. The normalized spacial score (nSPS) is 15.2. The average Bonchev–Trinajstić information content (AvgIpc) is 2.38. The fourth-order valence-corrected chi connectivity index (χ4v) is 1.94. The summed E-state index contributed by atoms with van der Waals surface area (Å²) in [5.74, 6) is -3.39. The summed E-state index contributed by atoms with van der Waals surface area (Å²) in [6, 6.07) is -3.31. The van der Waals surface area contributed by atoms with Crippen molar-refractivity contribution in [1.29, 1.82) is 0 Å². The number of nitrogens with two attached hydrogens (primary N) is 2. The van der Waals surface area contributed by atoms with E-state index < -0.39 is 53.7 Å². The Hall–Kier alpha value is -1.81. The Balaban J connectivity index is 5.10. The van der Waals surface area contributed by atoms with E-state index in [-0.39, 0.29) is 5.75 Å². The molecule has 0 aliphatic carbocycles. The fraction of sp³-hybridized carbons (Fsp3) is 0.692. The zero-order valence-electron chi connectivity index (χ0n) is 13.3. The Labute approximate surface area is 139 Å². The van der Waals surface area contributed by atoms with Gasteiger partial charge in [-0.2, -0.15) is 12.6 Å². The van der Waals surface area contributed by atoms with Gasteiger partial charge in [0, 0.05) is 5.75 Å². The van der Waals surface area contributed by atoms with Gasteiger partial charge < -0.3 is 27.2 Å². The number of aliphatic carboxylic acids is 1. The number of hydrogen-bond donors (Lipinski definition) is 6. The molecule has 3 atom stereocenters. The molecule has 0 spiro atoms. The predicted molar refractivity (Wildman–Crippen MR) is 86.6 cm³/mol. The summed E-state index contributed by atoms with van der Waals surface area (Å²) in [4.78, 5) is 46.0. The molecule has 0 fully saturated rings. The Bertz CT molecular complexity index is 477. The molecule has 0 aliphatic heterocycles. The number of nitrogens with one attached hydrogen (secondary N) is 2. The first-order chi connectivity index (χ1) is 10.4.